The fraction of sp³-hybridized carbons (Fsp3) is 0.429. The van der Waals surface area contributed by atoms with E-state index in [4.69, 9.17) is 5.10 Å². The van der Waals surface area contributed by atoms with Gasteiger partial charge in [0, 0.05) is 24.4 Å². The average Bonchev–Trinajstić information content (AvgIpc) is 3.09. The molecule has 7 heteroatoms. The molecule has 6 nitrogen and oxygen atoms in total. The van der Waals surface area contributed by atoms with Crippen LogP contribution in [0.5, 0.6) is 0 Å². The normalized spacial score (nSPS) is 19.1. The van der Waals surface area contributed by atoms with Crippen molar-refractivity contribution in [3.63, 3.8) is 0 Å². The Kier molecular flexibility index (Phi) is 3.36. The highest BCUT2D eigenvalue weighted by Crippen LogP contribution is 2.24. The van der Waals surface area contributed by atoms with Gasteiger partial charge in [0.25, 0.3) is 0 Å². The first-order chi connectivity index (χ1) is 10.4. The van der Waals surface area contributed by atoms with Gasteiger partial charge in [0.2, 0.25) is 4.96 Å². The molecule has 0 radical (unpaired) electrons. The Balaban J connectivity index is 1.63. The van der Waals surface area contributed by atoms with Crippen LogP contribution in [0.15, 0.2) is 24.5 Å². The van der Waals surface area contributed by atoms with E-state index >= 15 is 0 Å². The summed E-state index contributed by atoms with van der Waals surface area (Å²) in [6.07, 6.45) is 7.11. The van der Waals surface area contributed by atoms with Gasteiger partial charge in [-0.2, -0.15) is 9.61 Å². The summed E-state index contributed by atoms with van der Waals surface area (Å²) < 4.78 is 1.84. The van der Waals surface area contributed by atoms with Crippen LogP contribution in [0.3, 0.4) is 0 Å². The predicted octanol–water partition coefficient (Wildman–Crippen LogP) is 1.79. The highest BCUT2D eigenvalue weighted by atomic mass is 32.1. The molecule has 0 spiro atoms. The van der Waals surface area contributed by atoms with Crippen molar-refractivity contribution in [2.45, 2.75) is 19.3 Å². The van der Waals surface area contributed by atoms with Crippen molar-refractivity contribution in [2.24, 2.45) is 5.92 Å². The molecular weight excluding hydrogens is 284 g/mol. The molecule has 0 aromatic carbocycles. The van der Waals surface area contributed by atoms with E-state index in [9.17, 15) is 0 Å². The number of piperidine rings is 1. The first kappa shape index (κ1) is 12.8. The third-order valence-corrected chi connectivity index (χ3v) is 4.74. The van der Waals surface area contributed by atoms with Gasteiger partial charge >= 0.3 is 0 Å². The molecule has 3 aromatic heterocycles. The Bertz CT molecular complexity index is 728. The maximum Gasteiger partial charge on any atom is 0.234 e. The van der Waals surface area contributed by atoms with Crippen molar-refractivity contribution >= 4 is 16.3 Å². The van der Waals surface area contributed by atoms with Gasteiger partial charge in [-0.15, -0.1) is 10.2 Å². The van der Waals surface area contributed by atoms with E-state index in [0.717, 1.165) is 40.9 Å². The lowest BCUT2D eigenvalue weighted by Gasteiger charge is -2.21. The number of aromatic nitrogens is 5. The number of hydrogen-bond donors (Lipinski definition) is 1. The largest absolute Gasteiger partial charge is 0.316 e. The highest BCUT2D eigenvalue weighted by molar-refractivity contribution is 7.16. The number of rotatable bonds is 3. The summed E-state index contributed by atoms with van der Waals surface area (Å²) in [5, 5.41) is 17.7. The zero-order chi connectivity index (χ0) is 14.1. The Morgan fingerprint density at radius 3 is 3.19 bits per heavy atom. The van der Waals surface area contributed by atoms with Gasteiger partial charge in [0.1, 0.15) is 5.01 Å². The first-order valence-corrected chi connectivity index (χ1v) is 8.04. The molecule has 0 saturated carbocycles. The number of nitrogens with one attached hydrogen (secondary N) is 1. The van der Waals surface area contributed by atoms with E-state index < -0.39 is 0 Å². The summed E-state index contributed by atoms with van der Waals surface area (Å²) in [5.41, 5.74) is 0.946. The van der Waals surface area contributed by atoms with E-state index in [1.54, 1.807) is 23.7 Å². The van der Waals surface area contributed by atoms with Crippen LogP contribution in [0.2, 0.25) is 0 Å². The van der Waals surface area contributed by atoms with E-state index in [1.807, 2.05) is 16.6 Å². The van der Waals surface area contributed by atoms with E-state index in [1.165, 1.54) is 12.8 Å². The SMILES string of the molecule is c1cncc(-c2nnc3sc(CC4CCCNC4)nn23)c1. The van der Waals surface area contributed by atoms with Gasteiger partial charge in [-0.1, -0.05) is 11.3 Å². The van der Waals surface area contributed by atoms with Gasteiger partial charge in [0.15, 0.2) is 5.82 Å². The maximum atomic E-state index is 4.70. The van der Waals surface area contributed by atoms with Crippen molar-refractivity contribution in [2.75, 3.05) is 13.1 Å². The summed E-state index contributed by atoms with van der Waals surface area (Å²) >= 11 is 1.64. The third kappa shape index (κ3) is 2.54. The lowest BCUT2D eigenvalue weighted by Crippen LogP contribution is -2.30. The number of pyridine rings is 1. The minimum atomic E-state index is 0.685. The summed E-state index contributed by atoms with van der Waals surface area (Å²) in [4.78, 5) is 4.99. The number of nitrogens with zero attached hydrogens (tertiary/aromatic N) is 5. The fourth-order valence-electron chi connectivity index (χ4n) is 2.76. The highest BCUT2D eigenvalue weighted by Gasteiger charge is 2.18. The van der Waals surface area contributed by atoms with Crippen LogP contribution < -0.4 is 5.32 Å². The van der Waals surface area contributed by atoms with E-state index in [-0.39, 0.29) is 0 Å². The van der Waals surface area contributed by atoms with Gasteiger partial charge in [-0.25, -0.2) is 0 Å². The molecule has 4 rings (SSSR count). The van der Waals surface area contributed by atoms with Gasteiger partial charge in [-0.3, -0.25) is 4.98 Å². The Hall–Kier alpha value is -1.86. The molecule has 1 aliphatic heterocycles. The molecule has 1 unspecified atom stereocenters. The predicted molar refractivity (Wildman–Crippen MR) is 81.2 cm³/mol. The molecule has 1 N–H and O–H groups in total. The standard InChI is InChI=1S/C14H16N6S/c1-3-10(8-15-5-1)7-12-19-20-13(17-18-14(20)21-12)11-4-2-6-16-9-11/h2,4,6,9-10,15H,1,3,5,7-8H2. The number of fused-ring (bicyclic) bond motifs is 1. The van der Waals surface area contributed by atoms with E-state index in [0.29, 0.717) is 5.92 Å². The van der Waals surface area contributed by atoms with Crippen molar-refractivity contribution in [1.29, 1.82) is 0 Å². The first-order valence-electron chi connectivity index (χ1n) is 7.22. The molecule has 108 valence electrons. The molecule has 1 saturated heterocycles. The molecule has 0 amide bonds. The minimum Gasteiger partial charge on any atom is -0.316 e. The second kappa shape index (κ2) is 5.50. The van der Waals surface area contributed by atoms with Crippen LogP contribution in [0.1, 0.15) is 17.8 Å². The van der Waals surface area contributed by atoms with Crippen molar-refractivity contribution in [3.05, 3.63) is 29.5 Å². The second-order valence-corrected chi connectivity index (χ2v) is 6.41. The molecule has 0 bridgehead atoms. The summed E-state index contributed by atoms with van der Waals surface area (Å²) in [6.45, 7) is 2.24. The summed E-state index contributed by atoms with van der Waals surface area (Å²) in [5.74, 6) is 1.45. The average molecular weight is 300 g/mol. The van der Waals surface area contributed by atoms with Crippen molar-refractivity contribution in [3.8, 4) is 11.4 Å². The number of hydrogen-bond acceptors (Lipinski definition) is 6. The Morgan fingerprint density at radius 2 is 2.38 bits per heavy atom. The molecule has 1 aliphatic rings. The topological polar surface area (TPSA) is 68.0 Å². The molecule has 21 heavy (non-hydrogen) atoms. The second-order valence-electron chi connectivity index (χ2n) is 5.37. The smallest absolute Gasteiger partial charge is 0.234 e. The third-order valence-electron chi connectivity index (χ3n) is 3.81. The van der Waals surface area contributed by atoms with Gasteiger partial charge in [0.05, 0.1) is 0 Å². The molecule has 4 heterocycles. The Morgan fingerprint density at radius 1 is 1.38 bits per heavy atom. The lowest BCUT2D eigenvalue weighted by atomic mass is 9.97. The zero-order valence-electron chi connectivity index (χ0n) is 11.6. The molecular formula is C14H16N6S. The maximum absolute atomic E-state index is 4.70. The molecule has 1 fully saturated rings. The Labute approximate surface area is 126 Å². The molecule has 0 aliphatic carbocycles. The van der Waals surface area contributed by atoms with Crippen LogP contribution in [-0.2, 0) is 6.42 Å². The quantitative estimate of drug-likeness (QED) is 0.798. The van der Waals surface area contributed by atoms with Crippen LogP contribution in [-0.4, -0.2) is 37.9 Å². The van der Waals surface area contributed by atoms with E-state index in [2.05, 4.69) is 20.5 Å². The van der Waals surface area contributed by atoms with Crippen molar-refractivity contribution < 1.29 is 0 Å². The van der Waals surface area contributed by atoms with Crippen LogP contribution in [0.4, 0.5) is 0 Å². The zero-order valence-corrected chi connectivity index (χ0v) is 12.4. The minimum absolute atomic E-state index is 0.685. The van der Waals surface area contributed by atoms with Gasteiger partial charge < -0.3 is 5.32 Å². The molecule has 3 aromatic rings. The lowest BCUT2D eigenvalue weighted by molar-refractivity contribution is 0.375. The fourth-order valence-corrected chi connectivity index (χ4v) is 3.71. The monoisotopic (exact) mass is 300 g/mol. The van der Waals surface area contributed by atoms with Gasteiger partial charge in [-0.05, 0) is 44.0 Å². The van der Waals surface area contributed by atoms with Crippen LogP contribution >= 0.6 is 11.3 Å². The van der Waals surface area contributed by atoms with Crippen molar-refractivity contribution in [1.82, 2.24) is 30.1 Å². The summed E-state index contributed by atoms with van der Waals surface area (Å²) in [7, 11) is 0. The molecule has 1 atom stereocenters. The van der Waals surface area contributed by atoms with Crippen LogP contribution in [0, 0.1) is 5.92 Å². The summed E-state index contributed by atoms with van der Waals surface area (Å²) in [6, 6.07) is 3.88. The van der Waals surface area contributed by atoms with Crippen LogP contribution in [0.25, 0.3) is 16.3 Å².